The first-order chi connectivity index (χ1) is 26.3. The fourth-order valence-electron chi connectivity index (χ4n) is 10.5. The lowest BCUT2D eigenvalue weighted by Gasteiger charge is -2.21. The maximum absolute atomic E-state index is 2.55. The molecule has 4 heterocycles. The fraction of sp³-hybridized carbons (Fsp3) is 0.0800. The molecule has 2 aromatic heterocycles. The van der Waals surface area contributed by atoms with Gasteiger partial charge in [-0.15, -0.1) is 0 Å². The van der Waals surface area contributed by atoms with Crippen LogP contribution in [0.15, 0.2) is 158 Å². The van der Waals surface area contributed by atoms with Gasteiger partial charge in [0.15, 0.2) is 0 Å². The maximum atomic E-state index is 2.55. The predicted octanol–water partition coefficient (Wildman–Crippen LogP) is 10.6. The minimum atomic E-state index is -1.99. The zero-order valence-corrected chi connectivity index (χ0v) is 32.9. The highest BCUT2D eigenvalue weighted by atomic mass is 28.3. The maximum Gasteiger partial charge on any atom is 0.113 e. The van der Waals surface area contributed by atoms with E-state index in [1.54, 1.807) is 10.4 Å². The molecule has 2 nitrogen and oxygen atoms in total. The Hall–Kier alpha value is -5.95. The van der Waals surface area contributed by atoms with Crippen molar-refractivity contribution in [2.75, 3.05) is 0 Å². The molecule has 0 spiro atoms. The van der Waals surface area contributed by atoms with E-state index in [9.17, 15) is 0 Å². The van der Waals surface area contributed by atoms with Crippen LogP contribution in [-0.2, 0) is 0 Å². The van der Waals surface area contributed by atoms with Crippen LogP contribution in [0.1, 0.15) is 0 Å². The summed E-state index contributed by atoms with van der Waals surface area (Å²) in [5, 5.41) is 14.2. The van der Waals surface area contributed by atoms with E-state index < -0.39 is 16.1 Å². The van der Waals surface area contributed by atoms with Gasteiger partial charge in [-0.1, -0.05) is 135 Å². The molecule has 8 aromatic carbocycles. The van der Waals surface area contributed by atoms with Crippen LogP contribution in [0.3, 0.4) is 0 Å². The Kier molecular flexibility index (Phi) is 5.86. The predicted molar refractivity (Wildman–Crippen MR) is 237 cm³/mol. The lowest BCUT2D eigenvalue weighted by Crippen LogP contribution is -2.49. The van der Waals surface area contributed by atoms with Gasteiger partial charge in [-0.25, -0.2) is 0 Å². The SMILES string of the molecule is C[Si]1(C)c2cc(-n3c4ccccc4c4ccccc43)ccc2-c2c1ccc1c3c(ccc21)[Si](C)(C)c1cc(-n2c4ccccc4c4ccccc42)ccc1-3. The molecule has 0 radical (unpaired) electrons. The van der Waals surface area contributed by atoms with Gasteiger partial charge < -0.3 is 9.13 Å². The second kappa shape index (κ2) is 10.4. The second-order valence-electron chi connectivity index (χ2n) is 16.5. The van der Waals surface area contributed by atoms with Gasteiger partial charge in [0, 0.05) is 32.9 Å². The standard InChI is InChI=1S/C50H38N2Si2/c1-53(2)45-27-25-38-37(49(45)39-23-21-31(29-47(39)53)51-41-17-9-5-13-33(41)34-14-6-10-18-42(34)51)26-28-46-50(38)40-24-22-32(30-48(40)54(46,3)4)52-43-19-11-7-15-35(43)36-16-8-12-20-44(36)52/h5-30H,1-4H3. The van der Waals surface area contributed by atoms with Crippen LogP contribution < -0.4 is 20.7 Å². The Labute approximate surface area is 316 Å². The van der Waals surface area contributed by atoms with Crippen molar-refractivity contribution < 1.29 is 0 Å². The monoisotopic (exact) mass is 722 g/mol. The number of benzene rings is 8. The van der Waals surface area contributed by atoms with Crippen molar-refractivity contribution in [2.24, 2.45) is 0 Å². The zero-order chi connectivity index (χ0) is 36.1. The molecule has 0 amide bonds. The highest BCUT2D eigenvalue weighted by Gasteiger charge is 2.42. The summed E-state index contributed by atoms with van der Waals surface area (Å²) in [6.07, 6.45) is 0. The van der Waals surface area contributed by atoms with Crippen LogP contribution in [0.25, 0.3) is 88.0 Å². The van der Waals surface area contributed by atoms with Crippen LogP contribution in [-0.4, -0.2) is 25.3 Å². The molecule has 0 fully saturated rings. The normalized spacial score (nSPS) is 15.0. The molecular weight excluding hydrogens is 685 g/mol. The van der Waals surface area contributed by atoms with Crippen molar-refractivity contribution in [2.45, 2.75) is 26.2 Å². The number of hydrogen-bond acceptors (Lipinski definition) is 0. The molecule has 0 N–H and O–H groups in total. The number of aromatic nitrogens is 2. The molecule has 0 bridgehead atoms. The summed E-state index contributed by atoms with van der Waals surface area (Å²) in [6.45, 7) is 10.2. The van der Waals surface area contributed by atoms with Gasteiger partial charge in [0.25, 0.3) is 0 Å². The summed E-state index contributed by atoms with van der Waals surface area (Å²) in [7, 11) is -3.99. The van der Waals surface area contributed by atoms with Crippen molar-refractivity contribution in [1.29, 1.82) is 0 Å². The number of hydrogen-bond donors (Lipinski definition) is 0. The van der Waals surface area contributed by atoms with Gasteiger partial charge in [-0.3, -0.25) is 0 Å². The average molecular weight is 723 g/mol. The highest BCUT2D eigenvalue weighted by molar-refractivity contribution is 7.05. The summed E-state index contributed by atoms with van der Waals surface area (Å²) in [5.41, 5.74) is 13.3. The number of para-hydroxylation sites is 4. The van der Waals surface area contributed by atoms with Gasteiger partial charge in [-0.05, 0) is 102 Å². The van der Waals surface area contributed by atoms with Crippen LogP contribution in [0, 0.1) is 0 Å². The number of fused-ring (bicyclic) bond motifs is 15. The van der Waals surface area contributed by atoms with Crippen molar-refractivity contribution in [3.8, 4) is 33.6 Å². The Morgan fingerprint density at radius 3 is 1.00 bits per heavy atom. The lowest BCUT2D eigenvalue weighted by molar-refractivity contribution is 1.18. The summed E-state index contributed by atoms with van der Waals surface area (Å²) in [6, 6.07) is 60.0. The summed E-state index contributed by atoms with van der Waals surface area (Å²) in [4.78, 5) is 0. The van der Waals surface area contributed by atoms with Gasteiger partial charge >= 0.3 is 0 Å². The van der Waals surface area contributed by atoms with Crippen LogP contribution in [0.5, 0.6) is 0 Å². The summed E-state index contributed by atoms with van der Waals surface area (Å²) < 4.78 is 4.95. The second-order valence-corrected chi connectivity index (χ2v) is 25.2. The van der Waals surface area contributed by atoms with E-state index in [-0.39, 0.29) is 0 Å². The highest BCUT2D eigenvalue weighted by Crippen LogP contribution is 2.42. The van der Waals surface area contributed by atoms with Crippen LogP contribution in [0.2, 0.25) is 26.2 Å². The molecule has 0 aliphatic carbocycles. The number of nitrogens with zero attached hydrogens (tertiary/aromatic N) is 2. The Balaban J connectivity index is 1.05. The third-order valence-corrected chi connectivity index (χ3v) is 20.2. The minimum Gasteiger partial charge on any atom is -0.309 e. The van der Waals surface area contributed by atoms with E-state index in [1.807, 2.05) is 0 Å². The Morgan fingerprint density at radius 1 is 0.315 bits per heavy atom. The van der Waals surface area contributed by atoms with E-state index in [1.165, 1.54) is 98.4 Å². The van der Waals surface area contributed by atoms with Gasteiger partial charge in [-0.2, -0.15) is 0 Å². The molecular formula is C50H38N2Si2. The minimum absolute atomic E-state index is 1.26. The van der Waals surface area contributed by atoms with E-state index in [2.05, 4.69) is 193 Å². The Morgan fingerprint density at radius 2 is 0.648 bits per heavy atom. The molecule has 2 aliphatic heterocycles. The van der Waals surface area contributed by atoms with E-state index in [4.69, 9.17) is 0 Å². The largest absolute Gasteiger partial charge is 0.309 e. The van der Waals surface area contributed by atoms with E-state index in [0.717, 1.165) is 0 Å². The first-order valence-corrected chi connectivity index (χ1v) is 25.2. The molecule has 10 aromatic rings. The molecule has 54 heavy (non-hydrogen) atoms. The molecule has 0 unspecified atom stereocenters. The van der Waals surface area contributed by atoms with Gasteiger partial charge in [0.1, 0.15) is 16.1 Å². The van der Waals surface area contributed by atoms with E-state index in [0.29, 0.717) is 0 Å². The first-order valence-electron chi connectivity index (χ1n) is 19.2. The van der Waals surface area contributed by atoms with Crippen molar-refractivity contribution in [3.05, 3.63) is 158 Å². The number of rotatable bonds is 2. The molecule has 0 saturated heterocycles. The van der Waals surface area contributed by atoms with Crippen LogP contribution in [0.4, 0.5) is 0 Å². The first kappa shape index (κ1) is 30.5. The zero-order valence-electron chi connectivity index (χ0n) is 30.9. The van der Waals surface area contributed by atoms with Crippen molar-refractivity contribution in [1.82, 2.24) is 9.13 Å². The average Bonchev–Trinajstić information content (AvgIpc) is 3.86. The lowest BCUT2D eigenvalue weighted by atomic mass is 9.93. The van der Waals surface area contributed by atoms with Crippen molar-refractivity contribution in [3.63, 3.8) is 0 Å². The fourth-order valence-corrected chi connectivity index (χ4v) is 16.7. The molecule has 0 saturated carbocycles. The molecule has 0 atom stereocenters. The van der Waals surface area contributed by atoms with E-state index >= 15 is 0 Å². The van der Waals surface area contributed by atoms with Gasteiger partial charge in [0.2, 0.25) is 0 Å². The smallest absolute Gasteiger partial charge is 0.113 e. The summed E-state index contributed by atoms with van der Waals surface area (Å²) in [5.74, 6) is 0. The molecule has 12 rings (SSSR count). The topological polar surface area (TPSA) is 9.86 Å². The van der Waals surface area contributed by atoms with Gasteiger partial charge in [0.05, 0.1) is 22.1 Å². The summed E-state index contributed by atoms with van der Waals surface area (Å²) >= 11 is 0. The third kappa shape index (κ3) is 3.74. The molecule has 4 heteroatoms. The molecule has 256 valence electrons. The Bertz CT molecular complexity index is 2960. The molecule has 2 aliphatic rings. The third-order valence-electron chi connectivity index (χ3n) is 13.1. The van der Waals surface area contributed by atoms with Crippen molar-refractivity contribution >= 4 is 91.3 Å². The quantitative estimate of drug-likeness (QED) is 0.157. The van der Waals surface area contributed by atoms with Crippen LogP contribution >= 0.6 is 0 Å².